The third-order valence-corrected chi connectivity index (χ3v) is 3.88. The number of aromatic nitrogens is 2. The van der Waals surface area contributed by atoms with Crippen molar-refractivity contribution in [2.45, 2.75) is 6.18 Å². The van der Waals surface area contributed by atoms with Crippen LogP contribution in [0.25, 0.3) is 10.2 Å². The number of thiophene rings is 1. The number of anilines is 1. The Morgan fingerprint density at radius 3 is 2.62 bits per heavy atom. The lowest BCUT2D eigenvalue weighted by Crippen LogP contribution is -2.20. The van der Waals surface area contributed by atoms with Crippen molar-refractivity contribution in [1.29, 1.82) is 0 Å². The molecule has 0 aliphatic rings. The first kappa shape index (κ1) is 16.2. The quantitative estimate of drug-likeness (QED) is 0.776. The molecule has 0 bridgehead atoms. The second-order valence-electron chi connectivity index (χ2n) is 4.73. The zero-order chi connectivity index (χ0) is 17.2. The van der Waals surface area contributed by atoms with Gasteiger partial charge in [0, 0.05) is 5.69 Å². The van der Waals surface area contributed by atoms with E-state index in [4.69, 9.17) is 4.74 Å². The Morgan fingerprint density at radius 1 is 1.17 bits per heavy atom. The lowest BCUT2D eigenvalue weighted by molar-refractivity contribution is -0.137. The van der Waals surface area contributed by atoms with Crippen molar-refractivity contribution < 1.29 is 22.7 Å². The van der Waals surface area contributed by atoms with Crippen molar-refractivity contribution in [2.24, 2.45) is 0 Å². The number of benzene rings is 1. The zero-order valence-electron chi connectivity index (χ0n) is 12.0. The predicted octanol–water partition coefficient (Wildman–Crippen LogP) is 3.73. The Bertz CT molecular complexity index is 862. The Kier molecular flexibility index (Phi) is 4.34. The van der Waals surface area contributed by atoms with Crippen LogP contribution in [0.4, 0.5) is 18.9 Å². The van der Waals surface area contributed by atoms with E-state index in [0.717, 1.165) is 17.0 Å². The van der Waals surface area contributed by atoms with Gasteiger partial charge >= 0.3 is 6.18 Å². The van der Waals surface area contributed by atoms with Gasteiger partial charge in [-0.25, -0.2) is 9.97 Å². The standard InChI is InChI=1S/C15H10F3N3O2S/c16-15(17,18)9-1-3-10(4-2-9)21-12(22)7-23-13-11-5-6-24-14(11)20-8-19-13/h1-6,8H,7H2,(H,21,22). The van der Waals surface area contributed by atoms with Crippen LogP contribution in [0.1, 0.15) is 5.56 Å². The highest BCUT2D eigenvalue weighted by Gasteiger charge is 2.29. The molecule has 24 heavy (non-hydrogen) atoms. The Balaban J connectivity index is 1.61. The number of alkyl halides is 3. The van der Waals surface area contributed by atoms with Gasteiger partial charge in [-0.1, -0.05) is 0 Å². The molecule has 1 aromatic carbocycles. The molecule has 0 radical (unpaired) electrons. The molecule has 0 aliphatic carbocycles. The van der Waals surface area contributed by atoms with Gasteiger partial charge in [0.25, 0.3) is 5.91 Å². The van der Waals surface area contributed by atoms with Gasteiger partial charge in [0.2, 0.25) is 5.88 Å². The maximum absolute atomic E-state index is 12.5. The van der Waals surface area contributed by atoms with Crippen LogP contribution in [0.3, 0.4) is 0 Å². The summed E-state index contributed by atoms with van der Waals surface area (Å²) in [5, 5.41) is 4.99. The van der Waals surface area contributed by atoms with Crippen LogP contribution >= 0.6 is 11.3 Å². The van der Waals surface area contributed by atoms with E-state index in [-0.39, 0.29) is 18.2 Å². The molecule has 2 aromatic heterocycles. The van der Waals surface area contributed by atoms with Gasteiger partial charge in [-0.05, 0) is 35.7 Å². The first-order valence-corrected chi connectivity index (χ1v) is 7.59. The molecule has 0 aliphatic heterocycles. The largest absolute Gasteiger partial charge is 0.467 e. The summed E-state index contributed by atoms with van der Waals surface area (Å²) < 4.78 is 42.8. The fourth-order valence-corrected chi connectivity index (χ4v) is 2.68. The molecule has 9 heteroatoms. The minimum atomic E-state index is -4.41. The number of hydrogen-bond acceptors (Lipinski definition) is 5. The van der Waals surface area contributed by atoms with E-state index in [9.17, 15) is 18.0 Å². The molecule has 0 spiro atoms. The van der Waals surface area contributed by atoms with Gasteiger partial charge in [-0.2, -0.15) is 13.2 Å². The van der Waals surface area contributed by atoms with Crippen LogP contribution < -0.4 is 10.1 Å². The molecule has 5 nitrogen and oxygen atoms in total. The number of carbonyl (C=O) groups excluding carboxylic acids is 1. The molecule has 0 unspecified atom stereocenters. The number of amides is 1. The minimum absolute atomic E-state index is 0.250. The van der Waals surface area contributed by atoms with Crippen LogP contribution in [0.5, 0.6) is 5.88 Å². The summed E-state index contributed by atoms with van der Waals surface area (Å²) in [6.45, 7) is -0.316. The van der Waals surface area contributed by atoms with Crippen LogP contribution in [0.2, 0.25) is 0 Å². The molecule has 1 amide bonds. The van der Waals surface area contributed by atoms with Gasteiger partial charge in [0.15, 0.2) is 6.61 Å². The molecule has 0 saturated carbocycles. The van der Waals surface area contributed by atoms with Gasteiger partial charge in [0.05, 0.1) is 10.9 Å². The van der Waals surface area contributed by atoms with Gasteiger partial charge < -0.3 is 10.1 Å². The smallest absolute Gasteiger partial charge is 0.416 e. The molecule has 0 atom stereocenters. The van der Waals surface area contributed by atoms with Gasteiger partial charge in [-0.3, -0.25) is 4.79 Å². The number of ether oxygens (including phenoxy) is 1. The van der Waals surface area contributed by atoms with E-state index in [1.807, 2.05) is 5.38 Å². The molecule has 0 saturated heterocycles. The number of nitrogens with zero attached hydrogens (tertiary/aromatic N) is 2. The topological polar surface area (TPSA) is 64.1 Å². The average Bonchev–Trinajstić information content (AvgIpc) is 3.01. The SMILES string of the molecule is O=C(COc1ncnc2sccc12)Nc1ccc(C(F)(F)F)cc1. The molecule has 3 rings (SSSR count). The van der Waals surface area contributed by atoms with E-state index in [1.54, 1.807) is 6.07 Å². The summed E-state index contributed by atoms with van der Waals surface area (Å²) in [5.74, 6) is -0.222. The molecular weight excluding hydrogens is 343 g/mol. The van der Waals surface area contributed by atoms with E-state index in [0.29, 0.717) is 5.39 Å². The Labute approximate surface area is 138 Å². The van der Waals surface area contributed by atoms with Crippen molar-refractivity contribution in [1.82, 2.24) is 9.97 Å². The highest BCUT2D eigenvalue weighted by molar-refractivity contribution is 7.16. The van der Waals surface area contributed by atoms with Crippen LogP contribution in [0.15, 0.2) is 42.0 Å². The number of carbonyl (C=O) groups is 1. The van der Waals surface area contributed by atoms with Crippen molar-refractivity contribution in [2.75, 3.05) is 11.9 Å². The fourth-order valence-electron chi connectivity index (χ4n) is 1.96. The van der Waals surface area contributed by atoms with Crippen LogP contribution in [0, 0.1) is 0 Å². The highest BCUT2D eigenvalue weighted by Crippen LogP contribution is 2.30. The molecule has 124 valence electrons. The summed E-state index contributed by atoms with van der Waals surface area (Å²) in [6.07, 6.45) is -3.08. The first-order valence-electron chi connectivity index (χ1n) is 6.71. The number of fused-ring (bicyclic) bond motifs is 1. The van der Waals surface area contributed by atoms with Crippen LogP contribution in [-0.4, -0.2) is 22.5 Å². The summed E-state index contributed by atoms with van der Waals surface area (Å²) in [7, 11) is 0. The number of hydrogen-bond donors (Lipinski definition) is 1. The van der Waals surface area contributed by atoms with Crippen molar-refractivity contribution in [3.8, 4) is 5.88 Å². The van der Waals surface area contributed by atoms with Crippen molar-refractivity contribution in [3.05, 3.63) is 47.6 Å². The summed E-state index contributed by atoms with van der Waals surface area (Å²) in [4.78, 5) is 20.6. The highest BCUT2D eigenvalue weighted by atomic mass is 32.1. The van der Waals surface area contributed by atoms with Crippen molar-refractivity contribution >= 4 is 33.1 Å². The zero-order valence-corrected chi connectivity index (χ0v) is 12.8. The predicted molar refractivity (Wildman–Crippen MR) is 83.0 cm³/mol. The van der Waals surface area contributed by atoms with E-state index < -0.39 is 17.6 Å². The maximum Gasteiger partial charge on any atom is 0.416 e. The Hall–Kier alpha value is -2.68. The summed E-state index contributed by atoms with van der Waals surface area (Å²) in [5.41, 5.74) is -0.530. The lowest BCUT2D eigenvalue weighted by Gasteiger charge is -2.09. The van der Waals surface area contributed by atoms with E-state index in [1.165, 1.54) is 29.8 Å². The van der Waals surface area contributed by atoms with Crippen molar-refractivity contribution in [3.63, 3.8) is 0 Å². The molecule has 2 heterocycles. The van der Waals surface area contributed by atoms with Crippen LogP contribution in [-0.2, 0) is 11.0 Å². The van der Waals surface area contributed by atoms with Gasteiger partial charge in [0.1, 0.15) is 11.2 Å². The average molecular weight is 353 g/mol. The maximum atomic E-state index is 12.5. The Morgan fingerprint density at radius 2 is 1.92 bits per heavy atom. The number of rotatable bonds is 4. The first-order chi connectivity index (χ1) is 11.4. The molecular formula is C15H10F3N3O2S. The third kappa shape index (κ3) is 3.62. The third-order valence-electron chi connectivity index (χ3n) is 3.06. The second kappa shape index (κ2) is 6.44. The second-order valence-corrected chi connectivity index (χ2v) is 5.62. The molecule has 1 N–H and O–H groups in total. The van der Waals surface area contributed by atoms with E-state index in [2.05, 4.69) is 15.3 Å². The summed E-state index contributed by atoms with van der Waals surface area (Å²) in [6, 6.07) is 5.94. The number of nitrogens with one attached hydrogen (secondary N) is 1. The van der Waals surface area contributed by atoms with Gasteiger partial charge in [-0.15, -0.1) is 11.3 Å². The normalized spacial score (nSPS) is 11.5. The fraction of sp³-hybridized carbons (Fsp3) is 0.133. The number of halogens is 3. The lowest BCUT2D eigenvalue weighted by atomic mass is 10.2. The minimum Gasteiger partial charge on any atom is -0.467 e. The molecule has 3 aromatic rings. The monoisotopic (exact) mass is 353 g/mol. The van der Waals surface area contributed by atoms with E-state index >= 15 is 0 Å². The summed E-state index contributed by atoms with van der Waals surface area (Å²) >= 11 is 1.42. The molecule has 0 fully saturated rings.